The van der Waals surface area contributed by atoms with E-state index in [0.29, 0.717) is 12.2 Å². The zero-order chi connectivity index (χ0) is 26.4. The maximum absolute atomic E-state index is 13.5. The van der Waals surface area contributed by atoms with E-state index in [1.165, 1.54) is 4.90 Å². The van der Waals surface area contributed by atoms with Gasteiger partial charge in [0.2, 0.25) is 21.8 Å². The van der Waals surface area contributed by atoms with Gasteiger partial charge in [-0.2, -0.15) is 0 Å². The fourth-order valence-corrected chi connectivity index (χ4v) is 4.41. The molecule has 1 atom stereocenters. The standard InChI is InChI=1S/C27H39N3O4S/c1-20(2)17-28-26(32)21(3)29(18-22-11-9-8-10-12-22)25(31)19-30(35(7,33)34)24-15-13-23(14-16-24)27(4,5)6/h8-16,20-21H,17-19H2,1-7H3,(H,28,32). The van der Waals surface area contributed by atoms with Gasteiger partial charge in [0.1, 0.15) is 12.6 Å². The van der Waals surface area contributed by atoms with Crippen molar-refractivity contribution in [2.24, 2.45) is 5.92 Å². The van der Waals surface area contributed by atoms with E-state index in [4.69, 9.17) is 0 Å². The van der Waals surface area contributed by atoms with Crippen molar-refractivity contribution in [2.45, 2.75) is 59.5 Å². The molecular formula is C27H39N3O4S. The van der Waals surface area contributed by atoms with Crippen molar-refractivity contribution in [1.82, 2.24) is 10.2 Å². The minimum absolute atomic E-state index is 0.0878. The van der Waals surface area contributed by atoms with Crippen LogP contribution in [0.25, 0.3) is 0 Å². The second-order valence-electron chi connectivity index (χ2n) is 10.4. The van der Waals surface area contributed by atoms with Crippen LogP contribution in [-0.2, 0) is 31.6 Å². The third-order valence-corrected chi connectivity index (χ3v) is 6.89. The zero-order valence-electron chi connectivity index (χ0n) is 21.9. The third kappa shape index (κ3) is 8.38. The average molecular weight is 502 g/mol. The number of benzene rings is 2. The molecule has 2 rings (SSSR count). The van der Waals surface area contributed by atoms with Gasteiger partial charge in [0.05, 0.1) is 11.9 Å². The first kappa shape index (κ1) is 28.4. The molecule has 1 N–H and O–H groups in total. The van der Waals surface area contributed by atoms with Gasteiger partial charge in [-0.3, -0.25) is 13.9 Å². The Kier molecular flexibility index (Phi) is 9.49. The van der Waals surface area contributed by atoms with E-state index >= 15 is 0 Å². The summed E-state index contributed by atoms with van der Waals surface area (Å²) in [6.07, 6.45) is 1.08. The lowest BCUT2D eigenvalue weighted by Gasteiger charge is -2.31. The lowest BCUT2D eigenvalue weighted by atomic mass is 9.87. The van der Waals surface area contributed by atoms with Crippen LogP contribution in [0.2, 0.25) is 0 Å². The Hall–Kier alpha value is -2.87. The predicted octanol–water partition coefficient (Wildman–Crippen LogP) is 3.94. The van der Waals surface area contributed by atoms with Crippen molar-refractivity contribution in [3.63, 3.8) is 0 Å². The maximum Gasteiger partial charge on any atom is 0.244 e. The van der Waals surface area contributed by atoms with Gasteiger partial charge < -0.3 is 10.2 Å². The second kappa shape index (κ2) is 11.7. The second-order valence-corrected chi connectivity index (χ2v) is 12.3. The summed E-state index contributed by atoms with van der Waals surface area (Å²) in [7, 11) is -3.75. The van der Waals surface area contributed by atoms with E-state index in [0.717, 1.165) is 21.7 Å². The average Bonchev–Trinajstić information content (AvgIpc) is 2.78. The Labute approximate surface area is 210 Å². The van der Waals surface area contributed by atoms with Crippen LogP contribution in [0.3, 0.4) is 0 Å². The molecular weight excluding hydrogens is 462 g/mol. The Bertz CT molecular complexity index is 1090. The number of nitrogens with zero attached hydrogens (tertiary/aromatic N) is 2. The molecule has 192 valence electrons. The van der Waals surface area contributed by atoms with Crippen LogP contribution in [0.4, 0.5) is 5.69 Å². The lowest BCUT2D eigenvalue weighted by Crippen LogP contribution is -2.51. The monoisotopic (exact) mass is 501 g/mol. The Balaban J connectivity index is 2.35. The number of carbonyl (C=O) groups excluding carboxylic acids is 2. The first-order chi connectivity index (χ1) is 16.2. The minimum Gasteiger partial charge on any atom is -0.354 e. The minimum atomic E-state index is -3.75. The van der Waals surface area contributed by atoms with Crippen LogP contribution < -0.4 is 9.62 Å². The highest BCUT2D eigenvalue weighted by Gasteiger charge is 2.30. The van der Waals surface area contributed by atoms with Crippen LogP contribution >= 0.6 is 0 Å². The molecule has 0 aliphatic carbocycles. The van der Waals surface area contributed by atoms with Crippen molar-refractivity contribution in [3.8, 4) is 0 Å². The summed E-state index contributed by atoms with van der Waals surface area (Å²) in [5, 5.41) is 2.87. The first-order valence-electron chi connectivity index (χ1n) is 11.9. The van der Waals surface area contributed by atoms with E-state index in [-0.39, 0.29) is 23.8 Å². The Morgan fingerprint density at radius 3 is 2.00 bits per heavy atom. The largest absolute Gasteiger partial charge is 0.354 e. The van der Waals surface area contributed by atoms with Crippen LogP contribution in [0.1, 0.15) is 52.7 Å². The van der Waals surface area contributed by atoms with Crippen molar-refractivity contribution < 1.29 is 18.0 Å². The maximum atomic E-state index is 13.5. The fourth-order valence-electron chi connectivity index (χ4n) is 3.56. The normalized spacial score (nSPS) is 12.8. The highest BCUT2D eigenvalue weighted by atomic mass is 32.2. The molecule has 7 nitrogen and oxygen atoms in total. The molecule has 1 unspecified atom stereocenters. The Morgan fingerprint density at radius 1 is 0.943 bits per heavy atom. The summed E-state index contributed by atoms with van der Waals surface area (Å²) in [5.74, 6) is -0.462. The number of nitrogens with one attached hydrogen (secondary N) is 1. The van der Waals surface area contributed by atoms with E-state index in [9.17, 15) is 18.0 Å². The molecule has 0 saturated heterocycles. The molecule has 0 radical (unpaired) electrons. The summed E-state index contributed by atoms with van der Waals surface area (Å²) < 4.78 is 26.5. The molecule has 0 saturated carbocycles. The highest BCUT2D eigenvalue weighted by Crippen LogP contribution is 2.26. The molecule has 2 aromatic rings. The van der Waals surface area contributed by atoms with Gasteiger partial charge in [0.15, 0.2) is 0 Å². The van der Waals surface area contributed by atoms with Crippen LogP contribution in [0.5, 0.6) is 0 Å². The summed E-state index contributed by atoms with van der Waals surface area (Å²) in [4.78, 5) is 27.8. The molecule has 0 heterocycles. The fraction of sp³-hybridized carbons (Fsp3) is 0.481. The van der Waals surface area contributed by atoms with E-state index in [2.05, 4.69) is 26.1 Å². The molecule has 0 aliphatic rings. The topological polar surface area (TPSA) is 86.8 Å². The summed E-state index contributed by atoms with van der Waals surface area (Å²) in [6, 6.07) is 15.8. The van der Waals surface area contributed by atoms with Crippen molar-refractivity contribution in [1.29, 1.82) is 0 Å². The van der Waals surface area contributed by atoms with Gasteiger partial charge >= 0.3 is 0 Å². The smallest absolute Gasteiger partial charge is 0.244 e. The molecule has 8 heteroatoms. The van der Waals surface area contributed by atoms with Crippen molar-refractivity contribution in [2.75, 3.05) is 23.7 Å². The van der Waals surface area contributed by atoms with E-state index in [1.807, 2.05) is 56.3 Å². The van der Waals surface area contributed by atoms with Crippen LogP contribution in [-0.4, -0.2) is 50.5 Å². The molecule has 0 aliphatic heterocycles. The summed E-state index contributed by atoms with van der Waals surface area (Å²) in [5.41, 5.74) is 2.23. The lowest BCUT2D eigenvalue weighted by molar-refractivity contribution is -0.139. The van der Waals surface area contributed by atoms with Crippen molar-refractivity contribution >= 4 is 27.5 Å². The molecule has 0 fully saturated rings. The third-order valence-electron chi connectivity index (χ3n) is 5.75. The van der Waals surface area contributed by atoms with E-state index in [1.54, 1.807) is 19.1 Å². The van der Waals surface area contributed by atoms with Gasteiger partial charge in [-0.05, 0) is 41.5 Å². The summed E-state index contributed by atoms with van der Waals surface area (Å²) in [6.45, 7) is 12.2. The Morgan fingerprint density at radius 2 is 1.51 bits per heavy atom. The molecule has 0 bridgehead atoms. The van der Waals surface area contributed by atoms with Crippen LogP contribution in [0.15, 0.2) is 54.6 Å². The van der Waals surface area contributed by atoms with Gasteiger partial charge in [-0.25, -0.2) is 8.42 Å². The number of carbonyl (C=O) groups is 2. The molecule has 2 amide bonds. The van der Waals surface area contributed by atoms with Gasteiger partial charge in [-0.15, -0.1) is 0 Å². The quantitative estimate of drug-likeness (QED) is 0.534. The molecule has 0 aromatic heterocycles. The molecule has 2 aromatic carbocycles. The van der Waals surface area contributed by atoms with Gasteiger partial charge in [0.25, 0.3) is 0 Å². The van der Waals surface area contributed by atoms with Gasteiger partial charge in [-0.1, -0.05) is 77.1 Å². The number of hydrogen-bond acceptors (Lipinski definition) is 4. The van der Waals surface area contributed by atoms with Crippen molar-refractivity contribution in [3.05, 3.63) is 65.7 Å². The summed E-state index contributed by atoms with van der Waals surface area (Å²) >= 11 is 0. The number of rotatable bonds is 10. The van der Waals surface area contributed by atoms with E-state index < -0.39 is 28.5 Å². The first-order valence-corrected chi connectivity index (χ1v) is 13.7. The number of hydrogen-bond donors (Lipinski definition) is 1. The molecule has 35 heavy (non-hydrogen) atoms. The zero-order valence-corrected chi connectivity index (χ0v) is 22.7. The molecule has 0 spiro atoms. The van der Waals surface area contributed by atoms with Gasteiger partial charge in [0, 0.05) is 13.1 Å². The SMILES string of the molecule is CC(C)CNC(=O)C(C)N(Cc1ccccc1)C(=O)CN(c1ccc(C(C)(C)C)cc1)S(C)(=O)=O. The number of amides is 2. The number of sulfonamides is 1. The predicted molar refractivity (Wildman–Crippen MR) is 142 cm³/mol. The number of anilines is 1. The highest BCUT2D eigenvalue weighted by molar-refractivity contribution is 7.92. The van der Waals surface area contributed by atoms with Crippen LogP contribution in [0, 0.1) is 5.92 Å².